The number of carbonyl (C=O) groups is 1. The Labute approximate surface area is 205 Å². The summed E-state index contributed by atoms with van der Waals surface area (Å²) in [6.07, 6.45) is 3.32. The third kappa shape index (κ3) is 4.73. The normalized spacial score (nSPS) is 11.4. The predicted octanol–water partition coefficient (Wildman–Crippen LogP) is 6.78. The van der Waals surface area contributed by atoms with Gasteiger partial charge < -0.3 is 23.9 Å². The van der Waals surface area contributed by atoms with Crippen LogP contribution in [-0.4, -0.2) is 27.2 Å². The summed E-state index contributed by atoms with van der Waals surface area (Å²) in [6, 6.07) is 15.5. The fraction of sp³-hybridized carbons (Fsp3) is 0.207. The molecule has 1 heterocycles. The highest BCUT2D eigenvalue weighted by Crippen LogP contribution is 2.41. The number of ether oxygens (including phenoxy) is 3. The minimum Gasteiger partial charge on any atom is -0.497 e. The van der Waals surface area contributed by atoms with Crippen LogP contribution in [-0.2, 0) is 4.79 Å². The van der Waals surface area contributed by atoms with Gasteiger partial charge in [-0.25, -0.2) is 0 Å². The molecule has 0 aliphatic carbocycles. The molecule has 0 radical (unpaired) electrons. The molecule has 0 atom stereocenters. The van der Waals surface area contributed by atoms with Crippen LogP contribution in [0.2, 0.25) is 0 Å². The van der Waals surface area contributed by atoms with Gasteiger partial charge in [-0.05, 0) is 67.8 Å². The van der Waals surface area contributed by atoms with Gasteiger partial charge in [-0.1, -0.05) is 18.2 Å². The molecule has 0 aliphatic rings. The van der Waals surface area contributed by atoms with E-state index in [4.69, 9.17) is 18.6 Å². The fourth-order valence-corrected chi connectivity index (χ4v) is 4.23. The van der Waals surface area contributed by atoms with Crippen molar-refractivity contribution in [3.63, 3.8) is 0 Å². The summed E-state index contributed by atoms with van der Waals surface area (Å²) in [5.41, 5.74) is 6.80. The number of amides is 1. The lowest BCUT2D eigenvalue weighted by molar-refractivity contribution is -0.111. The lowest BCUT2D eigenvalue weighted by Crippen LogP contribution is -2.10. The van der Waals surface area contributed by atoms with Crippen molar-refractivity contribution < 1.29 is 23.4 Å². The van der Waals surface area contributed by atoms with Gasteiger partial charge in [0.1, 0.15) is 22.8 Å². The summed E-state index contributed by atoms with van der Waals surface area (Å²) in [5.74, 6) is 1.80. The van der Waals surface area contributed by atoms with Crippen molar-refractivity contribution in [1.29, 1.82) is 0 Å². The standard InChI is InChI=1S/C29H29NO5/c1-17-7-12-26(33-5)25(13-17)30-27(31)14-18(2)22-15-23-24(20-8-10-21(32-4)11-9-20)16-35-29(23)19(3)28(22)34-6/h7-16H,1-6H3,(H,30,31)/b18-14+. The number of anilines is 1. The van der Waals surface area contributed by atoms with Crippen molar-refractivity contribution in [2.45, 2.75) is 20.8 Å². The largest absolute Gasteiger partial charge is 0.497 e. The van der Waals surface area contributed by atoms with Gasteiger partial charge in [0, 0.05) is 28.2 Å². The summed E-state index contributed by atoms with van der Waals surface area (Å²) in [5, 5.41) is 3.87. The minimum atomic E-state index is -0.256. The Balaban J connectivity index is 1.75. The van der Waals surface area contributed by atoms with E-state index < -0.39 is 0 Å². The number of benzene rings is 3. The molecule has 3 aromatic carbocycles. The molecule has 1 aromatic heterocycles. The van der Waals surface area contributed by atoms with Crippen molar-refractivity contribution in [2.24, 2.45) is 0 Å². The summed E-state index contributed by atoms with van der Waals surface area (Å²) < 4.78 is 22.3. The molecule has 0 spiro atoms. The van der Waals surface area contributed by atoms with Gasteiger partial charge in [0.05, 0.1) is 33.3 Å². The van der Waals surface area contributed by atoms with Crippen molar-refractivity contribution in [1.82, 2.24) is 0 Å². The fourth-order valence-electron chi connectivity index (χ4n) is 4.23. The lowest BCUT2D eigenvalue weighted by Gasteiger charge is -2.14. The maximum absolute atomic E-state index is 12.9. The first-order valence-electron chi connectivity index (χ1n) is 11.2. The van der Waals surface area contributed by atoms with E-state index in [-0.39, 0.29) is 5.91 Å². The maximum Gasteiger partial charge on any atom is 0.248 e. The number of nitrogens with one attached hydrogen (secondary N) is 1. The number of allylic oxidation sites excluding steroid dienone is 1. The highest BCUT2D eigenvalue weighted by atomic mass is 16.5. The molecule has 1 N–H and O–H groups in total. The van der Waals surface area contributed by atoms with E-state index >= 15 is 0 Å². The number of hydrogen-bond acceptors (Lipinski definition) is 5. The van der Waals surface area contributed by atoms with E-state index in [1.807, 2.05) is 69.3 Å². The molecule has 6 nitrogen and oxygen atoms in total. The SMILES string of the molecule is COc1ccc(-c2coc3c(C)c(OC)c(/C(C)=C/C(=O)Nc4cc(C)ccc4OC)cc23)cc1. The van der Waals surface area contributed by atoms with Crippen molar-refractivity contribution in [2.75, 3.05) is 26.6 Å². The van der Waals surface area contributed by atoms with Gasteiger partial charge in [-0.2, -0.15) is 0 Å². The molecule has 6 heteroatoms. The molecule has 35 heavy (non-hydrogen) atoms. The highest BCUT2D eigenvalue weighted by molar-refractivity contribution is 6.06. The van der Waals surface area contributed by atoms with Gasteiger partial charge in [0.25, 0.3) is 0 Å². The van der Waals surface area contributed by atoms with E-state index in [1.54, 1.807) is 33.7 Å². The number of aryl methyl sites for hydroxylation is 2. The topological polar surface area (TPSA) is 69.9 Å². The first kappa shape index (κ1) is 24.0. The average Bonchev–Trinajstić information content (AvgIpc) is 3.28. The van der Waals surface area contributed by atoms with Crippen LogP contribution in [0.1, 0.15) is 23.6 Å². The second kappa shape index (κ2) is 9.97. The Hall–Kier alpha value is -4.19. The zero-order chi connectivity index (χ0) is 25.1. The second-order valence-electron chi connectivity index (χ2n) is 8.36. The molecule has 4 rings (SSSR count). The van der Waals surface area contributed by atoms with E-state index in [9.17, 15) is 4.79 Å². The Morgan fingerprint density at radius 2 is 1.69 bits per heavy atom. The lowest BCUT2D eigenvalue weighted by atomic mass is 9.96. The molecule has 1 amide bonds. The first-order valence-corrected chi connectivity index (χ1v) is 11.2. The van der Waals surface area contributed by atoms with Crippen LogP contribution < -0.4 is 19.5 Å². The zero-order valence-corrected chi connectivity index (χ0v) is 20.8. The molecule has 0 fully saturated rings. The van der Waals surface area contributed by atoms with Crippen molar-refractivity contribution in [3.05, 3.63) is 77.6 Å². The van der Waals surface area contributed by atoms with Gasteiger partial charge in [0.2, 0.25) is 5.91 Å². The molecule has 0 saturated heterocycles. The Bertz CT molecular complexity index is 1410. The summed E-state index contributed by atoms with van der Waals surface area (Å²) in [7, 11) is 4.84. The van der Waals surface area contributed by atoms with Gasteiger partial charge >= 0.3 is 0 Å². The van der Waals surface area contributed by atoms with Crippen LogP contribution in [0.3, 0.4) is 0 Å². The molecule has 180 valence electrons. The van der Waals surface area contributed by atoms with Crippen LogP contribution in [0.15, 0.2) is 65.3 Å². The quantitative estimate of drug-likeness (QED) is 0.301. The van der Waals surface area contributed by atoms with Crippen molar-refractivity contribution >= 4 is 28.1 Å². The third-order valence-corrected chi connectivity index (χ3v) is 6.03. The van der Waals surface area contributed by atoms with Gasteiger partial charge in [0.15, 0.2) is 0 Å². The van der Waals surface area contributed by atoms with E-state index in [0.717, 1.165) is 50.1 Å². The third-order valence-electron chi connectivity index (χ3n) is 6.03. The van der Waals surface area contributed by atoms with Crippen molar-refractivity contribution in [3.8, 4) is 28.4 Å². The van der Waals surface area contributed by atoms with Crippen LogP contribution >= 0.6 is 0 Å². The molecular formula is C29H29NO5. The second-order valence-corrected chi connectivity index (χ2v) is 8.36. The smallest absolute Gasteiger partial charge is 0.248 e. The van der Waals surface area contributed by atoms with Crippen LogP contribution in [0.25, 0.3) is 27.7 Å². The monoisotopic (exact) mass is 471 g/mol. The predicted molar refractivity (Wildman–Crippen MR) is 140 cm³/mol. The molecule has 4 aromatic rings. The molecule has 0 saturated carbocycles. The summed E-state index contributed by atoms with van der Waals surface area (Å²) in [6.45, 7) is 5.81. The molecule has 0 unspecified atom stereocenters. The molecule has 0 aliphatic heterocycles. The van der Waals surface area contributed by atoms with Crippen LogP contribution in [0.4, 0.5) is 5.69 Å². The van der Waals surface area contributed by atoms with Crippen LogP contribution in [0, 0.1) is 13.8 Å². The number of fused-ring (bicyclic) bond motifs is 1. The van der Waals surface area contributed by atoms with E-state index in [1.165, 1.54) is 0 Å². The number of hydrogen-bond donors (Lipinski definition) is 1. The van der Waals surface area contributed by atoms with Crippen LogP contribution in [0.5, 0.6) is 17.2 Å². The maximum atomic E-state index is 12.9. The number of furan rings is 1. The highest BCUT2D eigenvalue weighted by Gasteiger charge is 2.19. The Morgan fingerprint density at radius 1 is 0.943 bits per heavy atom. The van der Waals surface area contributed by atoms with Gasteiger partial charge in [-0.3, -0.25) is 4.79 Å². The van der Waals surface area contributed by atoms with E-state index in [0.29, 0.717) is 17.2 Å². The number of carbonyl (C=O) groups excluding carboxylic acids is 1. The molecular weight excluding hydrogens is 442 g/mol. The van der Waals surface area contributed by atoms with E-state index in [2.05, 4.69) is 5.32 Å². The molecule has 0 bridgehead atoms. The van der Waals surface area contributed by atoms with Gasteiger partial charge in [-0.15, -0.1) is 0 Å². The Morgan fingerprint density at radius 3 is 2.34 bits per heavy atom. The summed E-state index contributed by atoms with van der Waals surface area (Å²) in [4.78, 5) is 12.9. The zero-order valence-electron chi connectivity index (χ0n) is 20.8. The number of rotatable bonds is 7. The average molecular weight is 472 g/mol. The summed E-state index contributed by atoms with van der Waals surface area (Å²) >= 11 is 0. The first-order chi connectivity index (χ1) is 16.9. The minimum absolute atomic E-state index is 0.256. The Kier molecular flexibility index (Phi) is 6.82. The number of methoxy groups -OCH3 is 3.